The van der Waals surface area contributed by atoms with Crippen molar-refractivity contribution in [2.75, 3.05) is 13.1 Å². The van der Waals surface area contributed by atoms with Crippen LogP contribution in [0.2, 0.25) is 0 Å². The molecule has 0 bridgehead atoms. The molecule has 1 saturated heterocycles. The summed E-state index contributed by atoms with van der Waals surface area (Å²) in [5.41, 5.74) is 0.196. The summed E-state index contributed by atoms with van der Waals surface area (Å²) in [6.45, 7) is 2.89. The maximum atomic E-state index is 13.5. The van der Waals surface area contributed by atoms with Gasteiger partial charge in [0.15, 0.2) is 0 Å². The topological polar surface area (TPSA) is 93.3 Å². The number of likely N-dealkylation sites (tertiary alicyclic amines) is 1. The van der Waals surface area contributed by atoms with Crippen LogP contribution in [-0.2, 0) is 21.5 Å². The first-order valence-electron chi connectivity index (χ1n) is 9.08. The van der Waals surface area contributed by atoms with Gasteiger partial charge in [-0.25, -0.2) is 13.8 Å². The zero-order chi connectivity index (χ0) is 20.1. The lowest BCUT2D eigenvalue weighted by atomic mass is 9.85. The summed E-state index contributed by atoms with van der Waals surface area (Å²) < 4.78 is 33.6. The molecular formula is C18H21F2N5O3. The normalized spacial score (nSPS) is 21.3. The van der Waals surface area contributed by atoms with Crippen molar-refractivity contribution < 1.29 is 22.9 Å². The Bertz CT molecular complexity index is 883. The van der Waals surface area contributed by atoms with E-state index in [1.807, 2.05) is 4.57 Å². The summed E-state index contributed by atoms with van der Waals surface area (Å²) in [7, 11) is 0. The Balaban J connectivity index is 1.43. The van der Waals surface area contributed by atoms with Gasteiger partial charge in [-0.05, 0) is 6.92 Å². The van der Waals surface area contributed by atoms with Crippen LogP contribution in [0.1, 0.15) is 37.8 Å². The number of aromatic nitrogens is 3. The largest absolute Gasteiger partial charge is 0.364 e. The highest BCUT2D eigenvalue weighted by molar-refractivity contribution is 5.80. The third-order valence-electron chi connectivity index (χ3n) is 5.69. The zero-order valence-corrected chi connectivity index (χ0v) is 15.6. The van der Waals surface area contributed by atoms with Crippen molar-refractivity contribution in [3.05, 3.63) is 36.2 Å². The average Bonchev–Trinajstić information content (AvgIpc) is 3.29. The van der Waals surface area contributed by atoms with Gasteiger partial charge in [0.05, 0.1) is 29.6 Å². The van der Waals surface area contributed by atoms with Crippen molar-refractivity contribution in [2.24, 2.45) is 5.92 Å². The molecule has 2 atom stereocenters. The fourth-order valence-corrected chi connectivity index (χ4v) is 3.90. The minimum Gasteiger partial charge on any atom is -0.364 e. The Morgan fingerprint density at radius 2 is 2.21 bits per heavy atom. The summed E-state index contributed by atoms with van der Waals surface area (Å²) >= 11 is 0. The molecule has 1 fully saturated rings. The van der Waals surface area contributed by atoms with Crippen LogP contribution in [0.5, 0.6) is 0 Å². The van der Waals surface area contributed by atoms with Crippen LogP contribution in [0, 0.1) is 5.92 Å². The molecule has 10 heteroatoms. The maximum Gasteiger partial charge on any atom is 0.256 e. The van der Waals surface area contributed by atoms with Crippen molar-refractivity contribution in [2.45, 2.75) is 44.2 Å². The predicted octanol–water partition coefficient (Wildman–Crippen LogP) is 1.50. The molecule has 0 radical (unpaired) electrons. The number of hydrogen-bond donors (Lipinski definition) is 1. The monoisotopic (exact) mass is 393 g/mol. The number of carbonyl (C=O) groups is 2. The van der Waals surface area contributed by atoms with Crippen LogP contribution < -0.4 is 5.32 Å². The number of fused-ring (bicyclic) bond motifs is 2. The first-order chi connectivity index (χ1) is 13.2. The van der Waals surface area contributed by atoms with Gasteiger partial charge in [-0.1, -0.05) is 5.16 Å². The Kier molecular flexibility index (Phi) is 4.24. The average molecular weight is 393 g/mol. The molecule has 28 heavy (non-hydrogen) atoms. The van der Waals surface area contributed by atoms with Crippen molar-refractivity contribution in [3.63, 3.8) is 0 Å². The molecule has 2 aliphatic rings. The van der Waals surface area contributed by atoms with Gasteiger partial charge < -0.3 is 19.3 Å². The van der Waals surface area contributed by atoms with Crippen molar-refractivity contribution in [3.8, 4) is 0 Å². The zero-order valence-electron chi connectivity index (χ0n) is 15.6. The lowest BCUT2D eigenvalue weighted by molar-refractivity contribution is -0.142. The van der Waals surface area contributed by atoms with Crippen LogP contribution >= 0.6 is 0 Å². The van der Waals surface area contributed by atoms with Gasteiger partial charge in [0.25, 0.3) is 5.92 Å². The number of imidazole rings is 1. The molecule has 1 N–H and O–H groups in total. The number of hydrogen-bond acceptors (Lipinski definition) is 5. The molecule has 0 aromatic carbocycles. The molecule has 4 rings (SSSR count). The number of nitrogens with zero attached hydrogens (tertiary/aromatic N) is 4. The lowest BCUT2D eigenvalue weighted by Crippen LogP contribution is -2.63. The number of halogens is 2. The molecule has 4 heterocycles. The maximum absolute atomic E-state index is 13.5. The van der Waals surface area contributed by atoms with E-state index >= 15 is 0 Å². The van der Waals surface area contributed by atoms with Crippen LogP contribution in [-0.4, -0.2) is 50.4 Å². The standard InChI is InChI=1S/C18H21F2N5O3/c1-11(17(2,19)20)16(27)22-13-8-18(25-5-4-21-15(13)25)9-24(10-18)14(26)7-12-3-6-28-23-12/h3-6,11,13H,7-10H2,1-2H3,(H,22,27). The molecule has 2 amide bonds. The van der Waals surface area contributed by atoms with Gasteiger partial charge in [0.2, 0.25) is 11.8 Å². The first-order valence-corrected chi connectivity index (χ1v) is 9.08. The fraction of sp³-hybridized carbons (Fsp3) is 0.556. The number of carbonyl (C=O) groups excluding carboxylic acids is 2. The summed E-state index contributed by atoms with van der Waals surface area (Å²) in [6, 6.07) is 1.19. The molecular weight excluding hydrogens is 372 g/mol. The van der Waals surface area contributed by atoms with E-state index in [0.29, 0.717) is 31.0 Å². The van der Waals surface area contributed by atoms with E-state index in [-0.39, 0.29) is 17.9 Å². The lowest BCUT2D eigenvalue weighted by Gasteiger charge is -2.49. The molecule has 2 unspecified atom stereocenters. The smallest absolute Gasteiger partial charge is 0.256 e. The molecule has 1 spiro atoms. The number of alkyl halides is 2. The van der Waals surface area contributed by atoms with Crippen LogP contribution in [0.15, 0.2) is 29.2 Å². The highest BCUT2D eigenvalue weighted by atomic mass is 19.3. The van der Waals surface area contributed by atoms with Crippen LogP contribution in [0.4, 0.5) is 8.78 Å². The molecule has 150 valence electrons. The van der Waals surface area contributed by atoms with Gasteiger partial charge >= 0.3 is 0 Å². The summed E-state index contributed by atoms with van der Waals surface area (Å²) in [6.07, 6.45) is 5.51. The van der Waals surface area contributed by atoms with E-state index in [9.17, 15) is 18.4 Å². The van der Waals surface area contributed by atoms with Gasteiger partial charge in [-0.15, -0.1) is 0 Å². The van der Waals surface area contributed by atoms with E-state index in [1.165, 1.54) is 13.2 Å². The molecule has 2 aromatic rings. The minimum absolute atomic E-state index is 0.0621. The van der Waals surface area contributed by atoms with E-state index in [1.54, 1.807) is 23.4 Å². The summed E-state index contributed by atoms with van der Waals surface area (Å²) in [5, 5.41) is 6.45. The van der Waals surface area contributed by atoms with Crippen molar-refractivity contribution >= 4 is 11.8 Å². The first kappa shape index (κ1) is 18.6. The predicted molar refractivity (Wildman–Crippen MR) is 92.3 cm³/mol. The summed E-state index contributed by atoms with van der Waals surface area (Å²) in [4.78, 5) is 30.7. The Labute approximate surface area is 159 Å². The molecule has 2 aromatic heterocycles. The Hall–Kier alpha value is -2.78. The molecule has 2 aliphatic heterocycles. The Morgan fingerprint density at radius 3 is 2.86 bits per heavy atom. The molecule has 8 nitrogen and oxygen atoms in total. The third-order valence-corrected chi connectivity index (χ3v) is 5.69. The minimum atomic E-state index is -3.10. The van der Waals surface area contributed by atoms with E-state index in [4.69, 9.17) is 4.52 Å². The second kappa shape index (κ2) is 6.39. The van der Waals surface area contributed by atoms with Gasteiger partial charge in [-0.3, -0.25) is 9.59 Å². The van der Waals surface area contributed by atoms with Gasteiger partial charge in [0, 0.05) is 44.9 Å². The highest BCUT2D eigenvalue weighted by Crippen LogP contribution is 2.44. The molecule has 0 aliphatic carbocycles. The fourth-order valence-electron chi connectivity index (χ4n) is 3.90. The Morgan fingerprint density at radius 1 is 1.46 bits per heavy atom. The number of amides is 2. The second-order valence-electron chi connectivity index (χ2n) is 7.74. The van der Waals surface area contributed by atoms with E-state index in [0.717, 1.165) is 6.92 Å². The van der Waals surface area contributed by atoms with E-state index < -0.39 is 23.8 Å². The summed E-state index contributed by atoms with van der Waals surface area (Å²) in [5.74, 6) is -4.68. The van der Waals surface area contributed by atoms with Gasteiger partial charge in [0.1, 0.15) is 12.1 Å². The quantitative estimate of drug-likeness (QED) is 0.831. The van der Waals surface area contributed by atoms with Crippen LogP contribution in [0.25, 0.3) is 0 Å². The van der Waals surface area contributed by atoms with E-state index in [2.05, 4.69) is 15.5 Å². The number of nitrogens with one attached hydrogen (secondary N) is 1. The van der Waals surface area contributed by atoms with Gasteiger partial charge in [-0.2, -0.15) is 0 Å². The third kappa shape index (κ3) is 3.06. The molecule has 0 saturated carbocycles. The van der Waals surface area contributed by atoms with Crippen molar-refractivity contribution in [1.82, 2.24) is 24.9 Å². The number of rotatable bonds is 5. The highest BCUT2D eigenvalue weighted by Gasteiger charge is 2.54. The SMILES string of the molecule is CC(C(=O)NC1CC2(CN(C(=O)Cc3ccon3)C2)n2ccnc21)C(C)(F)F. The van der Waals surface area contributed by atoms with Crippen molar-refractivity contribution in [1.29, 1.82) is 0 Å². The van der Waals surface area contributed by atoms with Crippen LogP contribution in [0.3, 0.4) is 0 Å². The second-order valence-corrected chi connectivity index (χ2v) is 7.74.